The number of hydrogen-bond donors (Lipinski definition) is 1. The fourth-order valence-corrected chi connectivity index (χ4v) is 2.58. The van der Waals surface area contributed by atoms with E-state index in [-0.39, 0.29) is 11.7 Å². The highest BCUT2D eigenvalue weighted by Crippen LogP contribution is 2.26. The summed E-state index contributed by atoms with van der Waals surface area (Å²) in [5.74, 6) is 0. The van der Waals surface area contributed by atoms with Gasteiger partial charge in [-0.1, -0.05) is 6.07 Å². The smallest absolute Gasteiger partial charge is 0.267 e. The topological polar surface area (TPSA) is 74.5 Å². The molecule has 1 N–H and O–H groups in total. The van der Waals surface area contributed by atoms with Gasteiger partial charge in [0.05, 0.1) is 11.6 Å². The molecule has 0 fully saturated rings. The third-order valence-corrected chi connectivity index (χ3v) is 3.32. The number of H-pyrrole nitrogens is 1. The minimum Gasteiger partial charge on any atom is -0.267 e. The highest BCUT2D eigenvalue weighted by molar-refractivity contribution is 7.99. The molecule has 2 aromatic rings. The SMILES string of the molecule is CC(C)n1c(Sc2cccc(C#N)c2)n[nH]c1=O. The number of rotatable bonds is 3. The number of benzene rings is 1. The second-order valence-electron chi connectivity index (χ2n) is 4.02. The van der Waals surface area contributed by atoms with Gasteiger partial charge in [-0.15, -0.1) is 5.10 Å². The fourth-order valence-electron chi connectivity index (χ4n) is 1.55. The first-order chi connectivity index (χ1) is 8.61. The largest absolute Gasteiger partial charge is 0.344 e. The van der Waals surface area contributed by atoms with Crippen LogP contribution in [0.2, 0.25) is 0 Å². The van der Waals surface area contributed by atoms with E-state index in [1.807, 2.05) is 26.0 Å². The predicted molar refractivity (Wildman–Crippen MR) is 68.5 cm³/mol. The Bertz CT molecular complexity index is 651. The maximum Gasteiger partial charge on any atom is 0.344 e. The van der Waals surface area contributed by atoms with E-state index in [2.05, 4.69) is 16.3 Å². The van der Waals surface area contributed by atoms with Gasteiger partial charge in [-0.05, 0) is 43.8 Å². The molecule has 0 aliphatic heterocycles. The zero-order valence-electron chi connectivity index (χ0n) is 10.0. The molecule has 0 atom stereocenters. The van der Waals surface area contributed by atoms with Gasteiger partial charge in [0.1, 0.15) is 0 Å². The van der Waals surface area contributed by atoms with E-state index in [0.29, 0.717) is 10.7 Å². The Morgan fingerprint density at radius 1 is 1.50 bits per heavy atom. The summed E-state index contributed by atoms with van der Waals surface area (Å²) in [5, 5.41) is 15.9. The molecule has 1 aromatic heterocycles. The van der Waals surface area contributed by atoms with Gasteiger partial charge < -0.3 is 0 Å². The number of aromatic nitrogens is 3. The highest BCUT2D eigenvalue weighted by atomic mass is 32.2. The van der Waals surface area contributed by atoms with E-state index in [1.54, 1.807) is 16.7 Å². The van der Waals surface area contributed by atoms with Crippen LogP contribution in [0.15, 0.2) is 39.1 Å². The number of nitriles is 1. The van der Waals surface area contributed by atoms with Crippen molar-refractivity contribution in [3.63, 3.8) is 0 Å². The maximum atomic E-state index is 11.6. The van der Waals surface area contributed by atoms with Gasteiger partial charge in [0.2, 0.25) is 0 Å². The number of aromatic amines is 1. The molecule has 18 heavy (non-hydrogen) atoms. The van der Waals surface area contributed by atoms with Crippen LogP contribution in [0.5, 0.6) is 0 Å². The lowest BCUT2D eigenvalue weighted by Crippen LogP contribution is -2.19. The van der Waals surface area contributed by atoms with Crippen molar-refractivity contribution in [3.05, 3.63) is 40.3 Å². The summed E-state index contributed by atoms with van der Waals surface area (Å²) in [5.41, 5.74) is 0.373. The van der Waals surface area contributed by atoms with Crippen LogP contribution in [0.25, 0.3) is 0 Å². The molecule has 1 heterocycles. The van der Waals surface area contributed by atoms with Crippen LogP contribution in [0.4, 0.5) is 0 Å². The van der Waals surface area contributed by atoms with Crippen molar-refractivity contribution in [2.45, 2.75) is 29.9 Å². The standard InChI is InChI=1S/C12H12N4OS/c1-8(2)16-11(17)14-15-12(16)18-10-5-3-4-9(6-10)7-13/h3-6,8H,1-2H3,(H,14,17). The summed E-state index contributed by atoms with van der Waals surface area (Å²) >= 11 is 1.36. The lowest BCUT2D eigenvalue weighted by molar-refractivity contribution is 0.534. The molecule has 5 nitrogen and oxygen atoms in total. The summed E-state index contributed by atoms with van der Waals surface area (Å²) in [6.07, 6.45) is 0. The molecule has 0 radical (unpaired) electrons. The Morgan fingerprint density at radius 2 is 2.28 bits per heavy atom. The fraction of sp³-hybridized carbons (Fsp3) is 0.250. The normalized spacial score (nSPS) is 10.6. The van der Waals surface area contributed by atoms with E-state index >= 15 is 0 Å². The molecule has 0 aliphatic rings. The van der Waals surface area contributed by atoms with Gasteiger partial charge in [0, 0.05) is 10.9 Å². The van der Waals surface area contributed by atoms with E-state index in [1.165, 1.54) is 11.8 Å². The Labute approximate surface area is 108 Å². The quantitative estimate of drug-likeness (QED) is 0.917. The van der Waals surface area contributed by atoms with Crippen LogP contribution in [-0.4, -0.2) is 14.8 Å². The second-order valence-corrected chi connectivity index (χ2v) is 5.06. The average molecular weight is 260 g/mol. The number of nitrogens with zero attached hydrogens (tertiary/aromatic N) is 3. The van der Waals surface area contributed by atoms with E-state index in [4.69, 9.17) is 5.26 Å². The minimum absolute atomic E-state index is 0.0397. The third kappa shape index (κ3) is 2.46. The first kappa shape index (κ1) is 12.5. The zero-order valence-corrected chi connectivity index (χ0v) is 10.9. The van der Waals surface area contributed by atoms with Gasteiger partial charge in [-0.2, -0.15) is 5.26 Å². The van der Waals surface area contributed by atoms with Crippen LogP contribution < -0.4 is 5.69 Å². The van der Waals surface area contributed by atoms with Crippen LogP contribution in [0.1, 0.15) is 25.5 Å². The number of hydrogen-bond acceptors (Lipinski definition) is 4. The van der Waals surface area contributed by atoms with Crippen molar-refractivity contribution >= 4 is 11.8 Å². The molecular formula is C12H12N4OS. The van der Waals surface area contributed by atoms with Crippen molar-refractivity contribution in [1.29, 1.82) is 5.26 Å². The molecule has 0 aliphatic carbocycles. The molecule has 0 saturated heterocycles. The first-order valence-corrected chi connectivity index (χ1v) is 6.28. The van der Waals surface area contributed by atoms with Crippen molar-refractivity contribution in [2.24, 2.45) is 0 Å². The molecule has 0 bridgehead atoms. The van der Waals surface area contributed by atoms with E-state index in [0.717, 1.165) is 4.90 Å². The summed E-state index contributed by atoms with van der Waals surface area (Å²) in [6, 6.07) is 9.33. The average Bonchev–Trinajstić information content (AvgIpc) is 2.70. The lowest BCUT2D eigenvalue weighted by Gasteiger charge is -2.08. The van der Waals surface area contributed by atoms with Gasteiger partial charge in [-0.25, -0.2) is 9.89 Å². The maximum absolute atomic E-state index is 11.6. The Hall–Kier alpha value is -2.00. The third-order valence-electron chi connectivity index (χ3n) is 2.36. The first-order valence-electron chi connectivity index (χ1n) is 5.46. The molecule has 6 heteroatoms. The predicted octanol–water partition coefficient (Wildman–Crippen LogP) is 2.18. The Kier molecular flexibility index (Phi) is 3.53. The molecule has 0 saturated carbocycles. The summed E-state index contributed by atoms with van der Waals surface area (Å²) in [6.45, 7) is 3.85. The summed E-state index contributed by atoms with van der Waals surface area (Å²) < 4.78 is 1.59. The van der Waals surface area contributed by atoms with Crippen molar-refractivity contribution < 1.29 is 0 Å². The highest BCUT2D eigenvalue weighted by Gasteiger charge is 2.12. The van der Waals surface area contributed by atoms with Gasteiger partial charge in [-0.3, -0.25) is 4.57 Å². The summed E-state index contributed by atoms with van der Waals surface area (Å²) in [7, 11) is 0. The molecular weight excluding hydrogens is 248 g/mol. The molecule has 0 spiro atoms. The molecule has 0 unspecified atom stereocenters. The van der Waals surface area contributed by atoms with Crippen LogP contribution >= 0.6 is 11.8 Å². The molecule has 1 aromatic carbocycles. The van der Waals surface area contributed by atoms with E-state index < -0.39 is 0 Å². The van der Waals surface area contributed by atoms with Crippen molar-refractivity contribution in [1.82, 2.24) is 14.8 Å². The van der Waals surface area contributed by atoms with Gasteiger partial charge >= 0.3 is 5.69 Å². The van der Waals surface area contributed by atoms with Crippen LogP contribution in [0, 0.1) is 11.3 Å². The lowest BCUT2D eigenvalue weighted by atomic mass is 10.2. The molecule has 0 amide bonds. The van der Waals surface area contributed by atoms with Gasteiger partial charge in [0.15, 0.2) is 5.16 Å². The number of nitrogens with one attached hydrogen (secondary N) is 1. The van der Waals surface area contributed by atoms with E-state index in [9.17, 15) is 4.79 Å². The van der Waals surface area contributed by atoms with Crippen molar-refractivity contribution in [2.75, 3.05) is 0 Å². The Balaban J connectivity index is 2.35. The Morgan fingerprint density at radius 3 is 2.94 bits per heavy atom. The molecule has 2 rings (SSSR count). The van der Waals surface area contributed by atoms with Crippen LogP contribution in [0.3, 0.4) is 0 Å². The van der Waals surface area contributed by atoms with Crippen LogP contribution in [-0.2, 0) is 0 Å². The second kappa shape index (κ2) is 5.10. The monoisotopic (exact) mass is 260 g/mol. The molecule has 92 valence electrons. The van der Waals surface area contributed by atoms with Gasteiger partial charge in [0.25, 0.3) is 0 Å². The summed E-state index contributed by atoms with van der Waals surface area (Å²) in [4.78, 5) is 12.5. The van der Waals surface area contributed by atoms with Crippen molar-refractivity contribution in [3.8, 4) is 6.07 Å². The zero-order chi connectivity index (χ0) is 13.1. The minimum atomic E-state index is -0.219.